The Bertz CT molecular complexity index is 2690. The first-order valence-corrected chi connectivity index (χ1v) is 18.7. The molecule has 2 unspecified atom stereocenters. The Morgan fingerprint density at radius 3 is 1.33 bits per heavy atom. The monoisotopic (exact) mass is 758 g/mol. The van der Waals surface area contributed by atoms with Crippen LogP contribution in [0, 0.1) is 57.2 Å². The van der Waals surface area contributed by atoms with E-state index >= 15 is 0 Å². The normalized spacial score (nSPS) is 12.3. The Labute approximate surface area is 339 Å². The molecule has 0 amide bonds. The van der Waals surface area contributed by atoms with Crippen molar-refractivity contribution in [1.82, 2.24) is 0 Å². The number of hydrogen-bond donors (Lipinski definition) is 0. The molecule has 6 aromatic carbocycles. The van der Waals surface area contributed by atoms with Gasteiger partial charge in [-0.25, -0.2) is 0 Å². The molecule has 0 saturated carbocycles. The molecule has 0 spiro atoms. The van der Waals surface area contributed by atoms with Crippen molar-refractivity contribution in [3.05, 3.63) is 178 Å². The fraction of sp³-hybridized carbons (Fsp3) is 0.160. The third-order valence-corrected chi connectivity index (χ3v) is 9.92. The summed E-state index contributed by atoms with van der Waals surface area (Å²) in [5.41, 5.74) is 3.34. The zero-order chi connectivity index (χ0) is 41.1. The van der Waals surface area contributed by atoms with Gasteiger partial charge in [-0.05, 0) is 129 Å². The molecular weight excluding hydrogens is 721 g/mol. The minimum absolute atomic E-state index is 0.254. The molecule has 0 aromatic heterocycles. The lowest BCUT2D eigenvalue weighted by atomic mass is 9.90. The fourth-order valence-electron chi connectivity index (χ4n) is 6.16. The van der Waals surface area contributed by atoms with E-state index < -0.39 is 11.2 Å². The largest absolute Gasteiger partial charge is 0.483 e. The zero-order valence-corrected chi connectivity index (χ0v) is 32.5. The smallest absolute Gasteiger partial charge is 0.131 e. The predicted octanol–water partition coefficient (Wildman–Crippen LogP) is 11.6. The average molecular weight is 759 g/mol. The molecule has 58 heavy (non-hydrogen) atoms. The van der Waals surface area contributed by atoms with Crippen molar-refractivity contribution in [2.45, 2.75) is 51.7 Å². The molecule has 0 radical (unpaired) electrons. The van der Waals surface area contributed by atoms with Gasteiger partial charge in [0.1, 0.15) is 70.0 Å². The molecule has 6 rings (SSSR count). The molecule has 0 N–H and O–H groups in total. The van der Waals surface area contributed by atoms with Crippen LogP contribution in [0.3, 0.4) is 0 Å². The van der Waals surface area contributed by atoms with Crippen molar-refractivity contribution in [1.29, 1.82) is 21.0 Å². The number of nitriles is 4. The minimum Gasteiger partial charge on any atom is -0.483 e. The SMILES string of the molecule is CCC(C)(Oc1cccc(Oc2ccc(C#N)c(C#N)c2)c1)c1ccc(C#Cc2ccc(Oc3cccc(OC(C)(CC)c4ccc(C#N)c(C#N)c4)c3)cc2)cc1. The van der Waals surface area contributed by atoms with E-state index in [-0.39, 0.29) is 5.56 Å². The first-order chi connectivity index (χ1) is 28.1. The lowest BCUT2D eigenvalue weighted by Gasteiger charge is -2.30. The van der Waals surface area contributed by atoms with E-state index in [2.05, 4.69) is 30.9 Å². The Morgan fingerprint density at radius 1 is 0.414 bits per heavy atom. The summed E-state index contributed by atoms with van der Waals surface area (Å²) >= 11 is 0. The minimum atomic E-state index is -0.730. The van der Waals surface area contributed by atoms with Crippen LogP contribution < -0.4 is 18.9 Å². The van der Waals surface area contributed by atoms with Crippen LogP contribution in [0.1, 0.15) is 85.0 Å². The third-order valence-electron chi connectivity index (χ3n) is 9.92. The highest BCUT2D eigenvalue weighted by atomic mass is 16.5. The highest BCUT2D eigenvalue weighted by Crippen LogP contribution is 2.36. The maximum atomic E-state index is 9.53. The van der Waals surface area contributed by atoms with E-state index in [0.717, 1.165) is 22.3 Å². The van der Waals surface area contributed by atoms with Crippen LogP contribution in [-0.2, 0) is 11.2 Å². The van der Waals surface area contributed by atoms with E-state index in [0.29, 0.717) is 64.0 Å². The fourth-order valence-corrected chi connectivity index (χ4v) is 6.16. The second kappa shape index (κ2) is 17.7. The summed E-state index contributed by atoms with van der Waals surface area (Å²) in [5.74, 6) is 9.97. The van der Waals surface area contributed by atoms with Crippen molar-refractivity contribution >= 4 is 0 Å². The van der Waals surface area contributed by atoms with Gasteiger partial charge in [-0.1, -0.05) is 56.0 Å². The lowest BCUT2D eigenvalue weighted by Crippen LogP contribution is -2.28. The number of ether oxygens (including phenoxy) is 4. The lowest BCUT2D eigenvalue weighted by molar-refractivity contribution is 0.0821. The van der Waals surface area contributed by atoms with E-state index in [1.807, 2.05) is 124 Å². The number of hydrogen-bond acceptors (Lipinski definition) is 8. The Balaban J connectivity index is 1.08. The quantitative estimate of drug-likeness (QED) is 0.113. The maximum absolute atomic E-state index is 9.53. The van der Waals surface area contributed by atoms with Crippen LogP contribution in [0.15, 0.2) is 133 Å². The van der Waals surface area contributed by atoms with Crippen molar-refractivity contribution < 1.29 is 18.9 Å². The number of nitrogens with zero attached hydrogens (tertiary/aromatic N) is 4. The van der Waals surface area contributed by atoms with E-state index in [9.17, 15) is 21.0 Å². The van der Waals surface area contributed by atoms with Crippen molar-refractivity contribution in [3.8, 4) is 70.6 Å². The van der Waals surface area contributed by atoms with Crippen molar-refractivity contribution in [3.63, 3.8) is 0 Å². The third kappa shape index (κ3) is 9.28. The van der Waals surface area contributed by atoms with Crippen LogP contribution in [0.4, 0.5) is 0 Å². The zero-order valence-electron chi connectivity index (χ0n) is 32.5. The molecular formula is C50H38N4O4. The summed E-state index contributed by atoms with van der Waals surface area (Å²) in [7, 11) is 0. The molecule has 0 fully saturated rings. The average Bonchev–Trinajstić information content (AvgIpc) is 3.26. The molecule has 0 aliphatic rings. The molecule has 8 heteroatoms. The van der Waals surface area contributed by atoms with Gasteiger partial charge in [0.15, 0.2) is 0 Å². The van der Waals surface area contributed by atoms with Gasteiger partial charge in [0.2, 0.25) is 0 Å². The second-order valence-corrected chi connectivity index (χ2v) is 13.8. The Morgan fingerprint density at radius 2 is 0.810 bits per heavy atom. The highest BCUT2D eigenvalue weighted by Gasteiger charge is 2.29. The second-order valence-electron chi connectivity index (χ2n) is 13.8. The first kappa shape index (κ1) is 39.7. The van der Waals surface area contributed by atoms with Crippen LogP contribution in [0.2, 0.25) is 0 Å². The summed E-state index contributed by atoms with van der Waals surface area (Å²) in [6, 6.07) is 48.5. The van der Waals surface area contributed by atoms with Crippen molar-refractivity contribution in [2.75, 3.05) is 0 Å². The van der Waals surface area contributed by atoms with Gasteiger partial charge in [-0.3, -0.25) is 0 Å². The molecule has 6 aromatic rings. The molecule has 282 valence electrons. The van der Waals surface area contributed by atoms with E-state index in [1.165, 1.54) is 0 Å². The Kier molecular flexibility index (Phi) is 12.1. The molecule has 8 nitrogen and oxygen atoms in total. The van der Waals surface area contributed by atoms with Crippen molar-refractivity contribution in [2.24, 2.45) is 0 Å². The van der Waals surface area contributed by atoms with Gasteiger partial charge in [-0.2, -0.15) is 21.0 Å². The van der Waals surface area contributed by atoms with Crippen LogP contribution in [0.25, 0.3) is 0 Å². The van der Waals surface area contributed by atoms with E-state index in [4.69, 9.17) is 18.9 Å². The molecule has 0 aliphatic heterocycles. The first-order valence-electron chi connectivity index (χ1n) is 18.7. The van der Waals surface area contributed by atoms with E-state index in [1.54, 1.807) is 42.5 Å². The topological polar surface area (TPSA) is 132 Å². The van der Waals surface area contributed by atoms with Gasteiger partial charge in [0, 0.05) is 23.3 Å². The number of benzene rings is 6. The molecule has 0 bridgehead atoms. The predicted molar refractivity (Wildman–Crippen MR) is 220 cm³/mol. The molecule has 0 saturated heterocycles. The van der Waals surface area contributed by atoms with Gasteiger partial charge in [0.05, 0.1) is 22.3 Å². The van der Waals surface area contributed by atoms with Gasteiger partial charge < -0.3 is 18.9 Å². The molecule has 2 atom stereocenters. The van der Waals surface area contributed by atoms with Gasteiger partial charge in [0.25, 0.3) is 0 Å². The Hall–Kier alpha value is -7.96. The maximum Gasteiger partial charge on any atom is 0.131 e. The van der Waals surface area contributed by atoms with Crippen LogP contribution >= 0.6 is 0 Å². The standard InChI is InChI=1S/C50H38N4O4/c1-5-49(3,57-47-11-8-10-45(30-47)56-46-26-20-38(32-52)40(28-46)34-54)41-21-15-35(16-22-41)13-14-36-17-24-43(25-18-36)55-44-9-7-12-48(29-44)58-50(4,6-2)42-23-19-37(31-51)39(27-42)33-53/h7-12,15-30H,5-6H2,1-4H3. The molecule has 0 aliphatic carbocycles. The van der Waals surface area contributed by atoms with Crippen LogP contribution in [0.5, 0.6) is 34.5 Å². The molecule has 0 heterocycles. The summed E-state index contributed by atoms with van der Waals surface area (Å²) < 4.78 is 25.1. The van der Waals surface area contributed by atoms with Crippen LogP contribution in [-0.4, -0.2) is 0 Å². The summed E-state index contributed by atoms with van der Waals surface area (Å²) in [5, 5.41) is 37.4. The summed E-state index contributed by atoms with van der Waals surface area (Å²) in [6.45, 7) is 8.08. The summed E-state index contributed by atoms with van der Waals surface area (Å²) in [6.07, 6.45) is 1.34. The highest BCUT2D eigenvalue weighted by molar-refractivity contribution is 5.51. The number of rotatable bonds is 12. The van der Waals surface area contributed by atoms with Gasteiger partial charge >= 0.3 is 0 Å². The van der Waals surface area contributed by atoms with Gasteiger partial charge in [-0.15, -0.1) is 0 Å². The summed E-state index contributed by atoms with van der Waals surface area (Å²) in [4.78, 5) is 0.